The van der Waals surface area contributed by atoms with Gasteiger partial charge in [-0.2, -0.15) is 0 Å². The number of amides is 1. The third kappa shape index (κ3) is 3.12. The molecule has 0 saturated heterocycles. The van der Waals surface area contributed by atoms with Crippen LogP contribution >= 0.6 is 0 Å². The van der Waals surface area contributed by atoms with Gasteiger partial charge in [-0.15, -0.1) is 0 Å². The summed E-state index contributed by atoms with van der Waals surface area (Å²) >= 11 is 0. The lowest BCUT2D eigenvalue weighted by Crippen LogP contribution is -2.13. The zero-order chi connectivity index (χ0) is 14.7. The van der Waals surface area contributed by atoms with E-state index >= 15 is 0 Å². The highest BCUT2D eigenvalue weighted by molar-refractivity contribution is 5.90. The van der Waals surface area contributed by atoms with Crippen molar-refractivity contribution < 1.29 is 14.6 Å². The van der Waals surface area contributed by atoms with Crippen LogP contribution in [0.1, 0.15) is 29.4 Å². The number of nitrogens with one attached hydrogen (secondary N) is 1. The second-order valence-electron chi connectivity index (χ2n) is 5.07. The first-order valence-electron chi connectivity index (χ1n) is 6.99. The molecule has 2 N–H and O–H groups in total. The van der Waals surface area contributed by atoms with Crippen LogP contribution in [0.5, 0.6) is 0 Å². The molecule has 1 aliphatic rings. The van der Waals surface area contributed by atoms with Crippen LogP contribution in [-0.4, -0.2) is 11.0 Å². The Morgan fingerprint density at radius 2 is 2.00 bits per heavy atom. The number of para-hydroxylation sites is 1. The van der Waals surface area contributed by atoms with Crippen LogP contribution in [0.15, 0.2) is 48.5 Å². The van der Waals surface area contributed by atoms with Gasteiger partial charge in [0.2, 0.25) is 5.91 Å². The molecule has 1 atom stereocenters. The first-order valence-corrected chi connectivity index (χ1v) is 6.99. The molecule has 1 unspecified atom stereocenters. The van der Waals surface area contributed by atoms with Crippen molar-refractivity contribution >= 4 is 11.6 Å². The number of fused-ring (bicyclic) bond motifs is 1. The highest BCUT2D eigenvalue weighted by atomic mass is 16.6. The van der Waals surface area contributed by atoms with Gasteiger partial charge in [0.1, 0.15) is 0 Å². The van der Waals surface area contributed by atoms with Gasteiger partial charge >= 0.3 is 0 Å². The molecule has 0 spiro atoms. The predicted octanol–water partition coefficient (Wildman–Crippen LogP) is 2.78. The Morgan fingerprint density at radius 1 is 1.19 bits per heavy atom. The number of rotatable bonds is 4. The fourth-order valence-electron chi connectivity index (χ4n) is 2.57. The van der Waals surface area contributed by atoms with E-state index < -0.39 is 6.29 Å². The summed E-state index contributed by atoms with van der Waals surface area (Å²) in [5.74, 6) is -0.0350. The molecule has 108 valence electrons. The average molecular weight is 283 g/mol. The smallest absolute Gasteiger partial charge is 0.224 e. The van der Waals surface area contributed by atoms with E-state index in [1.807, 2.05) is 48.5 Å². The van der Waals surface area contributed by atoms with Crippen LogP contribution in [0.25, 0.3) is 0 Å². The van der Waals surface area contributed by atoms with Gasteiger partial charge in [0.05, 0.1) is 6.61 Å². The summed E-state index contributed by atoms with van der Waals surface area (Å²) < 4.78 is 5.22. The van der Waals surface area contributed by atoms with E-state index in [4.69, 9.17) is 4.74 Å². The minimum atomic E-state index is -0.867. The summed E-state index contributed by atoms with van der Waals surface area (Å²) in [6, 6.07) is 15.2. The molecular weight excluding hydrogens is 266 g/mol. The summed E-state index contributed by atoms with van der Waals surface area (Å²) in [6.07, 6.45) is 0.0914. The molecule has 0 aliphatic carbocycles. The molecule has 3 rings (SSSR count). The third-order valence-electron chi connectivity index (χ3n) is 3.61. The number of carbonyl (C=O) groups excluding carboxylic acids is 1. The molecular formula is C17H17NO3. The summed E-state index contributed by atoms with van der Waals surface area (Å²) in [5, 5.41) is 12.7. The molecule has 0 fully saturated rings. The quantitative estimate of drug-likeness (QED) is 0.907. The average Bonchev–Trinajstić information content (AvgIpc) is 2.88. The highest BCUT2D eigenvalue weighted by Gasteiger charge is 2.23. The van der Waals surface area contributed by atoms with Crippen molar-refractivity contribution in [1.29, 1.82) is 0 Å². The summed E-state index contributed by atoms with van der Waals surface area (Å²) in [5.41, 5.74) is 3.60. The second-order valence-corrected chi connectivity index (χ2v) is 5.07. The Labute approximate surface area is 123 Å². The largest absolute Gasteiger partial charge is 0.364 e. The predicted molar refractivity (Wildman–Crippen MR) is 79.6 cm³/mol. The van der Waals surface area contributed by atoms with Crippen LogP contribution < -0.4 is 5.32 Å². The minimum absolute atomic E-state index is 0.0350. The Balaban J connectivity index is 1.64. The molecule has 0 radical (unpaired) electrons. The molecule has 0 saturated carbocycles. The lowest BCUT2D eigenvalue weighted by atomic mass is 9.99. The van der Waals surface area contributed by atoms with E-state index in [1.165, 1.54) is 0 Å². The van der Waals surface area contributed by atoms with Crippen LogP contribution in [0, 0.1) is 0 Å². The van der Waals surface area contributed by atoms with E-state index in [9.17, 15) is 9.90 Å². The standard InChI is InChI=1S/C17H17NO3/c19-15(18-14-7-2-1-3-8-14)10-9-12-5-4-6-13-11-21-17(20)16(12)13/h1-8,17,20H,9-11H2,(H,18,19). The van der Waals surface area contributed by atoms with Crippen molar-refractivity contribution in [2.75, 3.05) is 5.32 Å². The number of aryl methyl sites for hydroxylation is 1. The second kappa shape index (κ2) is 6.08. The molecule has 4 nitrogen and oxygen atoms in total. The zero-order valence-electron chi connectivity index (χ0n) is 11.6. The normalized spacial score (nSPS) is 16.5. The van der Waals surface area contributed by atoms with E-state index in [-0.39, 0.29) is 5.91 Å². The topological polar surface area (TPSA) is 58.6 Å². The number of aliphatic hydroxyl groups excluding tert-OH is 1. The number of benzene rings is 2. The number of anilines is 1. The molecule has 2 aromatic carbocycles. The summed E-state index contributed by atoms with van der Waals surface area (Å²) in [6.45, 7) is 0.431. The van der Waals surface area contributed by atoms with Crippen LogP contribution in [0.2, 0.25) is 0 Å². The molecule has 1 aliphatic heterocycles. The maximum absolute atomic E-state index is 12.0. The van der Waals surface area contributed by atoms with Crippen molar-refractivity contribution in [3.05, 3.63) is 65.2 Å². The monoisotopic (exact) mass is 283 g/mol. The zero-order valence-corrected chi connectivity index (χ0v) is 11.6. The van der Waals surface area contributed by atoms with Gasteiger partial charge in [0.15, 0.2) is 6.29 Å². The van der Waals surface area contributed by atoms with E-state index in [2.05, 4.69) is 5.32 Å². The summed E-state index contributed by atoms with van der Waals surface area (Å²) in [7, 11) is 0. The van der Waals surface area contributed by atoms with E-state index in [1.54, 1.807) is 0 Å². The fraction of sp³-hybridized carbons (Fsp3) is 0.235. The molecule has 1 amide bonds. The highest BCUT2D eigenvalue weighted by Crippen LogP contribution is 2.31. The van der Waals surface area contributed by atoms with Crippen molar-refractivity contribution in [3.8, 4) is 0 Å². The molecule has 4 heteroatoms. The molecule has 21 heavy (non-hydrogen) atoms. The van der Waals surface area contributed by atoms with Crippen molar-refractivity contribution in [2.24, 2.45) is 0 Å². The number of ether oxygens (including phenoxy) is 1. The number of aliphatic hydroxyl groups is 1. The molecule has 2 aromatic rings. The van der Waals surface area contributed by atoms with Crippen LogP contribution in [0.3, 0.4) is 0 Å². The maximum Gasteiger partial charge on any atom is 0.224 e. The Kier molecular flexibility index (Phi) is 3.99. The maximum atomic E-state index is 12.0. The number of hydrogen-bond acceptors (Lipinski definition) is 3. The van der Waals surface area contributed by atoms with Gasteiger partial charge in [0.25, 0.3) is 0 Å². The lowest BCUT2D eigenvalue weighted by Gasteiger charge is -2.10. The van der Waals surface area contributed by atoms with Crippen molar-refractivity contribution in [2.45, 2.75) is 25.7 Å². The number of carbonyl (C=O) groups is 1. The third-order valence-corrected chi connectivity index (χ3v) is 3.61. The Hall–Kier alpha value is -2.17. The lowest BCUT2D eigenvalue weighted by molar-refractivity contribution is -0.116. The first-order chi connectivity index (χ1) is 10.2. The molecule has 0 aromatic heterocycles. The van der Waals surface area contributed by atoms with Crippen LogP contribution in [0.4, 0.5) is 5.69 Å². The van der Waals surface area contributed by atoms with Gasteiger partial charge in [-0.25, -0.2) is 0 Å². The number of hydrogen-bond donors (Lipinski definition) is 2. The Morgan fingerprint density at radius 3 is 2.81 bits per heavy atom. The van der Waals surface area contributed by atoms with Crippen molar-refractivity contribution in [3.63, 3.8) is 0 Å². The van der Waals surface area contributed by atoms with Gasteiger partial charge < -0.3 is 15.2 Å². The van der Waals surface area contributed by atoms with Gasteiger partial charge in [-0.3, -0.25) is 4.79 Å². The van der Waals surface area contributed by atoms with E-state index in [0.29, 0.717) is 19.4 Å². The van der Waals surface area contributed by atoms with Gasteiger partial charge in [0, 0.05) is 17.7 Å². The van der Waals surface area contributed by atoms with E-state index in [0.717, 1.165) is 22.4 Å². The van der Waals surface area contributed by atoms with Gasteiger partial charge in [-0.1, -0.05) is 36.4 Å². The minimum Gasteiger partial charge on any atom is -0.364 e. The molecule has 0 bridgehead atoms. The molecule has 1 heterocycles. The summed E-state index contributed by atoms with van der Waals surface area (Å²) in [4.78, 5) is 12.0. The van der Waals surface area contributed by atoms with Crippen molar-refractivity contribution in [1.82, 2.24) is 0 Å². The first kappa shape index (κ1) is 13.8. The Bertz CT molecular complexity index is 640. The fourth-order valence-corrected chi connectivity index (χ4v) is 2.57. The van der Waals surface area contributed by atoms with Gasteiger partial charge in [-0.05, 0) is 29.7 Å². The van der Waals surface area contributed by atoms with Crippen LogP contribution in [-0.2, 0) is 22.6 Å². The SMILES string of the molecule is O=C(CCc1cccc2c1C(O)OC2)Nc1ccccc1.